The molecule has 0 spiro atoms. The highest BCUT2D eigenvalue weighted by molar-refractivity contribution is 8.01. The van der Waals surface area contributed by atoms with Crippen molar-refractivity contribution in [3.8, 4) is 0 Å². The number of hydrogen-bond acceptors (Lipinski definition) is 5. The van der Waals surface area contributed by atoms with Gasteiger partial charge in [-0.1, -0.05) is 23.4 Å². The molecule has 0 bridgehead atoms. The summed E-state index contributed by atoms with van der Waals surface area (Å²) in [7, 11) is 0. The van der Waals surface area contributed by atoms with Gasteiger partial charge in [0.15, 0.2) is 4.34 Å². The summed E-state index contributed by atoms with van der Waals surface area (Å²) in [4.78, 5) is 28.4. The Hall–Kier alpha value is -2.42. The third kappa shape index (κ3) is 6.33. The Balaban J connectivity index is 1.45. The first-order valence-electron chi connectivity index (χ1n) is 8.16. The van der Waals surface area contributed by atoms with Crippen LogP contribution in [0.5, 0.6) is 0 Å². The van der Waals surface area contributed by atoms with Crippen molar-refractivity contribution in [2.24, 2.45) is 0 Å². The molecule has 0 unspecified atom stereocenters. The first-order valence-corrected chi connectivity index (χ1v) is 10.4. The van der Waals surface area contributed by atoms with Gasteiger partial charge in [0, 0.05) is 21.8 Å². The molecule has 0 aliphatic carbocycles. The number of anilines is 2. The van der Waals surface area contributed by atoms with Crippen LogP contribution in [-0.2, 0) is 16.0 Å². The summed E-state index contributed by atoms with van der Waals surface area (Å²) >= 11 is 8.49. The Kier molecular flexibility index (Phi) is 7.02. The number of amides is 2. The summed E-state index contributed by atoms with van der Waals surface area (Å²) in [5, 5.41) is 7.85. The third-order valence-electron chi connectivity index (χ3n) is 3.46. The molecular weight excluding hydrogens is 421 g/mol. The normalized spacial score (nSPS) is 10.5. The number of carbonyl (C=O) groups excluding carboxylic acids is 2. The van der Waals surface area contributed by atoms with E-state index >= 15 is 0 Å². The topological polar surface area (TPSA) is 71.1 Å². The zero-order valence-electron chi connectivity index (χ0n) is 14.4. The minimum atomic E-state index is -0.362. The first kappa shape index (κ1) is 20.3. The van der Waals surface area contributed by atoms with E-state index in [2.05, 4.69) is 15.6 Å². The number of nitrogens with one attached hydrogen (secondary N) is 2. The van der Waals surface area contributed by atoms with Gasteiger partial charge in [-0.2, -0.15) is 0 Å². The van der Waals surface area contributed by atoms with E-state index < -0.39 is 0 Å². The average molecular weight is 436 g/mol. The van der Waals surface area contributed by atoms with E-state index in [1.54, 1.807) is 29.6 Å². The molecule has 0 atom stereocenters. The van der Waals surface area contributed by atoms with Crippen molar-refractivity contribution >= 4 is 57.9 Å². The predicted octanol–water partition coefficient (Wildman–Crippen LogP) is 4.85. The monoisotopic (exact) mass is 435 g/mol. The SMILES string of the molecule is O=C(CSc1nc(CC(=O)Nc2ccc(F)cc2)cs1)Nc1ccc(Cl)cc1. The fourth-order valence-electron chi connectivity index (χ4n) is 2.20. The van der Waals surface area contributed by atoms with Crippen molar-refractivity contribution in [2.75, 3.05) is 16.4 Å². The van der Waals surface area contributed by atoms with Gasteiger partial charge in [0.25, 0.3) is 0 Å². The molecule has 28 heavy (non-hydrogen) atoms. The molecule has 0 aliphatic heterocycles. The van der Waals surface area contributed by atoms with Gasteiger partial charge in [-0.15, -0.1) is 11.3 Å². The van der Waals surface area contributed by atoms with Crippen molar-refractivity contribution < 1.29 is 14.0 Å². The summed E-state index contributed by atoms with van der Waals surface area (Å²) in [6, 6.07) is 12.4. The second-order valence-corrected chi connectivity index (χ2v) is 8.20. The highest BCUT2D eigenvalue weighted by atomic mass is 35.5. The fourth-order valence-corrected chi connectivity index (χ4v) is 3.97. The van der Waals surface area contributed by atoms with E-state index in [0.717, 1.165) is 0 Å². The minimum Gasteiger partial charge on any atom is -0.326 e. The largest absolute Gasteiger partial charge is 0.326 e. The van der Waals surface area contributed by atoms with Gasteiger partial charge in [0.1, 0.15) is 5.82 Å². The second-order valence-electron chi connectivity index (χ2n) is 5.68. The molecule has 2 aromatic carbocycles. The fraction of sp³-hybridized carbons (Fsp3) is 0.105. The molecule has 0 saturated carbocycles. The van der Waals surface area contributed by atoms with Crippen LogP contribution < -0.4 is 10.6 Å². The van der Waals surface area contributed by atoms with Crippen molar-refractivity contribution in [1.82, 2.24) is 4.98 Å². The smallest absolute Gasteiger partial charge is 0.234 e. The van der Waals surface area contributed by atoms with Crippen LogP contribution in [0.1, 0.15) is 5.69 Å². The van der Waals surface area contributed by atoms with Crippen LogP contribution in [0.15, 0.2) is 58.3 Å². The lowest BCUT2D eigenvalue weighted by Gasteiger charge is -2.04. The number of benzene rings is 2. The van der Waals surface area contributed by atoms with Gasteiger partial charge in [-0.05, 0) is 48.5 Å². The summed E-state index contributed by atoms with van der Waals surface area (Å²) in [6.45, 7) is 0. The van der Waals surface area contributed by atoms with Gasteiger partial charge in [-0.25, -0.2) is 9.37 Å². The molecule has 144 valence electrons. The lowest BCUT2D eigenvalue weighted by atomic mass is 10.3. The molecule has 2 amide bonds. The van der Waals surface area contributed by atoms with E-state index in [0.29, 0.717) is 26.4 Å². The van der Waals surface area contributed by atoms with Crippen LogP contribution in [0.4, 0.5) is 15.8 Å². The number of carbonyl (C=O) groups is 2. The molecule has 3 rings (SSSR count). The zero-order chi connectivity index (χ0) is 19.9. The summed E-state index contributed by atoms with van der Waals surface area (Å²) < 4.78 is 13.6. The quantitative estimate of drug-likeness (QED) is 0.520. The molecule has 1 heterocycles. The Morgan fingerprint density at radius 3 is 2.29 bits per heavy atom. The minimum absolute atomic E-state index is 0.103. The molecule has 3 aromatic rings. The van der Waals surface area contributed by atoms with E-state index in [-0.39, 0.29) is 29.8 Å². The number of hydrogen-bond donors (Lipinski definition) is 2. The Bertz CT molecular complexity index is 962. The number of thioether (sulfide) groups is 1. The van der Waals surface area contributed by atoms with E-state index in [9.17, 15) is 14.0 Å². The Morgan fingerprint density at radius 2 is 1.61 bits per heavy atom. The molecule has 2 N–H and O–H groups in total. The molecular formula is C19H15ClFN3O2S2. The van der Waals surface area contributed by atoms with Gasteiger partial charge >= 0.3 is 0 Å². The van der Waals surface area contributed by atoms with Crippen molar-refractivity contribution in [3.05, 3.63) is 70.4 Å². The van der Waals surface area contributed by atoms with Gasteiger partial charge in [0.05, 0.1) is 17.9 Å². The predicted molar refractivity (Wildman–Crippen MR) is 112 cm³/mol. The van der Waals surface area contributed by atoms with E-state index in [4.69, 9.17) is 11.6 Å². The third-order valence-corrected chi connectivity index (χ3v) is 5.78. The molecule has 1 aromatic heterocycles. The first-order chi connectivity index (χ1) is 13.5. The summed E-state index contributed by atoms with van der Waals surface area (Å²) in [6.07, 6.45) is 0.103. The van der Waals surface area contributed by atoms with Crippen LogP contribution in [0.3, 0.4) is 0 Å². The molecule has 9 heteroatoms. The lowest BCUT2D eigenvalue weighted by molar-refractivity contribution is -0.116. The molecule has 0 saturated heterocycles. The molecule has 5 nitrogen and oxygen atoms in total. The van der Waals surface area contributed by atoms with Gasteiger partial charge in [0.2, 0.25) is 11.8 Å². The van der Waals surface area contributed by atoms with Gasteiger partial charge in [-0.3, -0.25) is 9.59 Å². The summed E-state index contributed by atoms with van der Waals surface area (Å²) in [5.74, 6) is -0.552. The highest BCUT2D eigenvalue weighted by Gasteiger charge is 2.10. The van der Waals surface area contributed by atoms with Crippen LogP contribution in [-0.4, -0.2) is 22.6 Å². The highest BCUT2D eigenvalue weighted by Crippen LogP contribution is 2.23. The lowest BCUT2D eigenvalue weighted by Crippen LogP contribution is -2.14. The Labute approximate surface area is 174 Å². The number of thiazole rings is 1. The summed E-state index contributed by atoms with van der Waals surface area (Å²) in [5.41, 5.74) is 1.81. The Morgan fingerprint density at radius 1 is 1.00 bits per heavy atom. The zero-order valence-corrected chi connectivity index (χ0v) is 16.8. The molecule has 0 fully saturated rings. The van der Waals surface area contributed by atoms with E-state index in [1.165, 1.54) is 47.4 Å². The molecule has 0 radical (unpaired) electrons. The van der Waals surface area contributed by atoms with Crippen LogP contribution >= 0.6 is 34.7 Å². The number of rotatable bonds is 7. The van der Waals surface area contributed by atoms with E-state index in [1.807, 2.05) is 0 Å². The second kappa shape index (κ2) is 9.68. The molecule has 0 aliphatic rings. The van der Waals surface area contributed by atoms with Crippen LogP contribution in [0.2, 0.25) is 5.02 Å². The van der Waals surface area contributed by atoms with Crippen molar-refractivity contribution in [3.63, 3.8) is 0 Å². The maximum Gasteiger partial charge on any atom is 0.234 e. The van der Waals surface area contributed by atoms with Crippen LogP contribution in [0.25, 0.3) is 0 Å². The maximum atomic E-state index is 12.9. The number of halogens is 2. The standard InChI is InChI=1S/C19H15ClFN3O2S2/c20-12-1-5-14(6-2-12)23-18(26)11-28-19-24-16(10-27-19)9-17(25)22-15-7-3-13(21)4-8-15/h1-8,10H,9,11H2,(H,22,25)(H,23,26). The maximum absolute atomic E-state index is 12.9. The van der Waals surface area contributed by atoms with Crippen molar-refractivity contribution in [1.29, 1.82) is 0 Å². The number of nitrogens with zero attached hydrogens (tertiary/aromatic N) is 1. The van der Waals surface area contributed by atoms with Crippen LogP contribution in [0, 0.1) is 5.82 Å². The number of aromatic nitrogens is 1. The van der Waals surface area contributed by atoms with Crippen molar-refractivity contribution in [2.45, 2.75) is 10.8 Å². The average Bonchev–Trinajstić information content (AvgIpc) is 3.11. The van der Waals surface area contributed by atoms with Gasteiger partial charge < -0.3 is 10.6 Å².